The highest BCUT2D eigenvalue weighted by atomic mass is 28.4. The lowest BCUT2D eigenvalue weighted by atomic mass is 9.80. The fraction of sp³-hybridized carbons (Fsp3) is 0.377. The van der Waals surface area contributed by atoms with E-state index in [0.29, 0.717) is 29.3 Å². The van der Waals surface area contributed by atoms with Crippen molar-refractivity contribution in [3.05, 3.63) is 154 Å². The van der Waals surface area contributed by atoms with Crippen LogP contribution in [0.1, 0.15) is 80.4 Å². The lowest BCUT2D eigenvalue weighted by Gasteiger charge is -2.41. The minimum Gasteiger partial charge on any atom is -0.497 e. The number of hydrazone groups is 2. The Morgan fingerprint density at radius 1 is 0.776 bits per heavy atom. The minimum atomic E-state index is -2.65. The summed E-state index contributed by atoms with van der Waals surface area (Å²) in [5, 5.41) is 12.9. The van der Waals surface area contributed by atoms with Gasteiger partial charge in [0, 0.05) is 23.8 Å². The first-order valence-corrected chi connectivity index (χ1v) is 25.7. The Labute approximate surface area is 394 Å². The summed E-state index contributed by atoms with van der Waals surface area (Å²) >= 11 is 0. The Morgan fingerprint density at radius 3 is 1.96 bits per heavy atom. The summed E-state index contributed by atoms with van der Waals surface area (Å²) in [5.74, 6) is 0.496. The van der Waals surface area contributed by atoms with E-state index in [1.807, 2.05) is 103 Å². The van der Waals surface area contributed by atoms with Crippen LogP contribution in [0.25, 0.3) is 0 Å². The van der Waals surface area contributed by atoms with Gasteiger partial charge in [0.2, 0.25) is 0 Å². The summed E-state index contributed by atoms with van der Waals surface area (Å²) in [6.07, 6.45) is 1.38. The number of allylic oxidation sites excluding steroid dienone is 2. The summed E-state index contributed by atoms with van der Waals surface area (Å²) in [5.41, 5.74) is 5.50. The van der Waals surface area contributed by atoms with E-state index in [9.17, 15) is 14.4 Å². The van der Waals surface area contributed by atoms with Crippen LogP contribution in [0.3, 0.4) is 0 Å². The Bertz CT molecular complexity index is 2520. The number of benzene rings is 4. The van der Waals surface area contributed by atoms with Crippen LogP contribution in [-0.2, 0) is 33.8 Å². The van der Waals surface area contributed by atoms with Crippen molar-refractivity contribution in [3.8, 4) is 11.5 Å². The van der Waals surface area contributed by atoms with E-state index in [2.05, 4.69) is 39.0 Å². The number of rotatable bonds is 16. The van der Waals surface area contributed by atoms with Gasteiger partial charge in [0.05, 0.1) is 40.0 Å². The van der Waals surface area contributed by atoms with Crippen LogP contribution < -0.4 is 9.47 Å². The van der Waals surface area contributed by atoms with Gasteiger partial charge >= 0.3 is 5.97 Å². The number of methoxy groups -OCH3 is 2. The summed E-state index contributed by atoms with van der Waals surface area (Å²) in [6, 6.07) is 34.6. The largest absolute Gasteiger partial charge is 0.497 e. The molecule has 4 atom stereocenters. The molecule has 0 N–H and O–H groups in total. The number of Topliss-reactive ketones (excluding diaryl/α,β-unsaturated/α-hetero) is 1. The van der Waals surface area contributed by atoms with Crippen molar-refractivity contribution in [2.75, 3.05) is 27.4 Å². The van der Waals surface area contributed by atoms with Crippen molar-refractivity contribution in [2.24, 2.45) is 10.2 Å². The monoisotopic (exact) mass is 924 g/mol. The highest BCUT2D eigenvalue weighted by Gasteiger charge is 2.55. The first-order valence-electron chi connectivity index (χ1n) is 22.8. The molecule has 14 heteroatoms. The maximum Gasteiger partial charge on any atom is 0.306 e. The van der Waals surface area contributed by atoms with Gasteiger partial charge in [-0.25, -0.2) is 10.0 Å². The molecular weight excluding hydrogens is 865 g/mol. The third kappa shape index (κ3) is 9.80. The normalized spacial score (nSPS) is 20.5. The predicted octanol–water partition coefficient (Wildman–Crippen LogP) is 9.20. The Morgan fingerprint density at radius 2 is 1.37 bits per heavy atom. The third-order valence-electron chi connectivity index (χ3n) is 13.4. The molecule has 0 bridgehead atoms. The average Bonchev–Trinajstić information content (AvgIpc) is 3.82. The van der Waals surface area contributed by atoms with Gasteiger partial charge < -0.3 is 32.9 Å². The molecular formula is C53H60N4O9Si. The summed E-state index contributed by atoms with van der Waals surface area (Å²) in [6.45, 7) is 12.5. The number of ether oxygens (including phenoxy) is 5. The Kier molecular flexibility index (Phi) is 13.8. The van der Waals surface area contributed by atoms with E-state index in [1.165, 1.54) is 11.9 Å². The Balaban J connectivity index is 1.22. The molecule has 13 nitrogen and oxygen atoms in total. The summed E-state index contributed by atoms with van der Waals surface area (Å²) in [4.78, 5) is 39.7. The topological polar surface area (TPSA) is 138 Å². The number of carbonyl (C=O) groups excluding carboxylic acids is 3. The van der Waals surface area contributed by atoms with E-state index in [-0.39, 0.29) is 36.2 Å². The second-order valence-electron chi connectivity index (χ2n) is 18.9. The number of hydrogen-bond acceptors (Lipinski definition) is 12. The predicted molar refractivity (Wildman–Crippen MR) is 258 cm³/mol. The first kappa shape index (κ1) is 47.3. The highest BCUT2D eigenvalue weighted by Crippen LogP contribution is 2.46. The third-order valence-corrected chi connectivity index (χ3v) is 17.9. The number of esters is 1. The highest BCUT2D eigenvalue weighted by molar-refractivity contribution is 6.74. The van der Waals surface area contributed by atoms with E-state index < -0.39 is 44.4 Å². The van der Waals surface area contributed by atoms with Gasteiger partial charge in [-0.05, 0) is 102 Å². The van der Waals surface area contributed by atoms with Gasteiger partial charge in [0.15, 0.2) is 20.6 Å². The maximum atomic E-state index is 13.9. The summed E-state index contributed by atoms with van der Waals surface area (Å²) in [7, 11) is 0.608. The molecule has 3 aliphatic heterocycles. The van der Waals surface area contributed by atoms with Crippen molar-refractivity contribution < 1.29 is 42.5 Å². The SMILES string of the molecule is COc1ccc(C(OC[C@H]2O[C@@H](N3C=C4CCC5=C4C(=N3)C=NN(C(=O)c3ccccc3)C5)[C@H](O[Si](C)(C)C(C)(C)C)[C@@H]2OC(=O)CCC(C)=O)(c2ccccc2)c2ccc(OC)cc2)cc1. The van der Waals surface area contributed by atoms with Crippen LogP contribution in [0.15, 0.2) is 142 Å². The van der Waals surface area contributed by atoms with Crippen LogP contribution in [0.4, 0.5) is 0 Å². The zero-order valence-electron chi connectivity index (χ0n) is 39.6. The summed E-state index contributed by atoms with van der Waals surface area (Å²) < 4.78 is 39.5. The molecule has 67 heavy (non-hydrogen) atoms. The van der Waals surface area contributed by atoms with Gasteiger partial charge in [0.25, 0.3) is 5.91 Å². The molecule has 4 aliphatic rings. The molecule has 0 radical (unpaired) electrons. The van der Waals surface area contributed by atoms with Crippen LogP contribution >= 0.6 is 0 Å². The second-order valence-corrected chi connectivity index (χ2v) is 23.6. The zero-order chi connectivity index (χ0) is 47.5. The van der Waals surface area contributed by atoms with Crippen LogP contribution in [0, 0.1) is 0 Å². The molecule has 1 fully saturated rings. The molecule has 8 rings (SSSR count). The van der Waals surface area contributed by atoms with Crippen LogP contribution in [0.2, 0.25) is 18.1 Å². The van der Waals surface area contributed by atoms with E-state index in [4.69, 9.17) is 33.2 Å². The number of ketones is 1. The van der Waals surface area contributed by atoms with Crippen molar-refractivity contribution in [1.82, 2.24) is 10.0 Å². The van der Waals surface area contributed by atoms with Gasteiger partial charge in [0.1, 0.15) is 40.8 Å². The van der Waals surface area contributed by atoms with E-state index >= 15 is 0 Å². The molecule has 1 saturated heterocycles. The first-order chi connectivity index (χ1) is 32.1. The fourth-order valence-electron chi connectivity index (χ4n) is 8.79. The lowest BCUT2D eigenvalue weighted by Crippen LogP contribution is -2.53. The van der Waals surface area contributed by atoms with Gasteiger partial charge in [-0.1, -0.05) is 93.6 Å². The van der Waals surface area contributed by atoms with Crippen molar-refractivity contribution in [2.45, 2.75) is 102 Å². The number of hydrogen-bond donors (Lipinski definition) is 0. The standard InChI is InChI=1S/C53H60N4O9Si/c1-35(58)19-30-46(59)65-48-45(34-63-53(39-17-13-10-14-18-39,40-22-26-42(61-5)27-23-40)41-24-28-43(62-6)29-25-41)64-51(49(48)66-67(7,8)52(2,3)4)57-33-38-21-20-37-32-56(54-31-44(55-57)47(37)38)50(60)36-15-11-9-12-16-36/h9-18,22-29,31,33,45,48-49,51H,19-21,30,32,34H2,1-8H3/t45-,48-,49-,51-/m1/s1. The van der Waals surface area contributed by atoms with E-state index in [1.54, 1.807) is 37.6 Å². The number of carbonyl (C=O) groups is 3. The minimum absolute atomic E-state index is 0.0310. The molecule has 0 spiro atoms. The molecule has 1 aliphatic carbocycles. The van der Waals surface area contributed by atoms with Gasteiger partial charge in [-0.15, -0.1) is 0 Å². The van der Waals surface area contributed by atoms with Crippen molar-refractivity contribution in [3.63, 3.8) is 0 Å². The zero-order valence-corrected chi connectivity index (χ0v) is 40.6. The molecule has 4 aromatic carbocycles. The molecule has 0 aromatic heterocycles. The van der Waals surface area contributed by atoms with Gasteiger partial charge in [-0.3, -0.25) is 9.59 Å². The molecule has 0 saturated carbocycles. The molecule has 3 heterocycles. The Hall–Kier alpha value is -6.19. The second kappa shape index (κ2) is 19.6. The lowest BCUT2D eigenvalue weighted by molar-refractivity contribution is -0.159. The molecule has 4 aromatic rings. The van der Waals surface area contributed by atoms with Crippen molar-refractivity contribution >= 4 is 37.9 Å². The fourth-order valence-corrected chi connectivity index (χ4v) is 10.1. The molecule has 0 unspecified atom stereocenters. The van der Waals surface area contributed by atoms with Crippen LogP contribution in [-0.4, -0.2) is 99.8 Å². The van der Waals surface area contributed by atoms with Crippen LogP contribution in [0.5, 0.6) is 11.5 Å². The molecule has 1 amide bonds. The smallest absolute Gasteiger partial charge is 0.306 e. The maximum absolute atomic E-state index is 13.9. The van der Waals surface area contributed by atoms with Gasteiger partial charge in [-0.2, -0.15) is 10.2 Å². The van der Waals surface area contributed by atoms with Crippen molar-refractivity contribution in [1.29, 1.82) is 0 Å². The number of nitrogens with zero attached hydrogens (tertiary/aromatic N) is 4. The molecule has 350 valence electrons. The quantitative estimate of drug-likeness (QED) is 0.0608. The van der Waals surface area contributed by atoms with E-state index in [0.717, 1.165) is 46.3 Å². The number of amides is 1. The average molecular weight is 925 g/mol.